The van der Waals surface area contributed by atoms with Crippen LogP contribution in [0.3, 0.4) is 0 Å². The number of aryl methyl sites for hydroxylation is 1. The van der Waals surface area contributed by atoms with Crippen LogP contribution in [0.15, 0.2) is 42.6 Å². The van der Waals surface area contributed by atoms with Gasteiger partial charge in [-0.3, -0.25) is 14.6 Å². The molecule has 2 aromatic rings. The zero-order valence-corrected chi connectivity index (χ0v) is 17.2. The maximum Gasteiger partial charge on any atom is 0.270 e. The Kier molecular flexibility index (Phi) is 7.57. The number of hydrogen-bond acceptors (Lipinski definition) is 4. The molecule has 1 fully saturated rings. The number of amides is 2. The number of morpholine rings is 1. The Labute approximate surface area is 175 Å². The first kappa shape index (κ1) is 21.2. The monoisotopic (exact) mass is 417 g/mol. The van der Waals surface area contributed by atoms with E-state index in [2.05, 4.69) is 15.6 Å². The van der Waals surface area contributed by atoms with Gasteiger partial charge in [-0.05, 0) is 24.6 Å². The van der Waals surface area contributed by atoms with Crippen molar-refractivity contribution in [1.82, 2.24) is 15.6 Å². The standard InChI is InChI=1S/C21H25ClN4O3/c1-15-2-4-16(5-3-15)19(14-26-8-10-29-11-9-26)25-20(27)13-24-21(28)18-12-17(22)6-7-23-18/h2-7,12,19H,8-11,13-14H2,1H3,(H,24,28)(H,25,27)/p+1/t19-/m0/s1. The van der Waals surface area contributed by atoms with Crippen LogP contribution in [0.4, 0.5) is 0 Å². The number of hydrogen-bond donors (Lipinski definition) is 3. The highest BCUT2D eigenvalue weighted by atomic mass is 35.5. The van der Waals surface area contributed by atoms with Crippen LogP contribution in [0.1, 0.15) is 27.7 Å². The van der Waals surface area contributed by atoms with Gasteiger partial charge < -0.3 is 20.3 Å². The van der Waals surface area contributed by atoms with Crippen LogP contribution in [0.25, 0.3) is 0 Å². The van der Waals surface area contributed by atoms with Gasteiger partial charge in [0.25, 0.3) is 5.91 Å². The second-order valence-electron chi connectivity index (χ2n) is 7.14. The predicted octanol–water partition coefficient (Wildman–Crippen LogP) is 0.546. The fourth-order valence-corrected chi connectivity index (χ4v) is 3.39. The first-order valence-corrected chi connectivity index (χ1v) is 10.1. The summed E-state index contributed by atoms with van der Waals surface area (Å²) in [6.45, 7) is 5.95. The average Bonchev–Trinajstić information content (AvgIpc) is 2.73. The summed E-state index contributed by atoms with van der Waals surface area (Å²) in [4.78, 5) is 30.1. The van der Waals surface area contributed by atoms with Crippen LogP contribution in [0.5, 0.6) is 0 Å². The molecule has 0 radical (unpaired) electrons. The predicted molar refractivity (Wildman–Crippen MR) is 110 cm³/mol. The summed E-state index contributed by atoms with van der Waals surface area (Å²) >= 11 is 5.88. The Morgan fingerprint density at radius 2 is 1.93 bits per heavy atom. The third-order valence-corrected chi connectivity index (χ3v) is 5.11. The lowest BCUT2D eigenvalue weighted by molar-refractivity contribution is -0.909. The molecular weight excluding hydrogens is 392 g/mol. The molecule has 3 rings (SSSR count). The molecule has 8 heteroatoms. The van der Waals surface area contributed by atoms with E-state index in [1.807, 2.05) is 31.2 Å². The summed E-state index contributed by atoms with van der Waals surface area (Å²) in [7, 11) is 0. The Morgan fingerprint density at radius 3 is 2.62 bits per heavy atom. The molecule has 3 N–H and O–H groups in total. The van der Waals surface area contributed by atoms with Gasteiger partial charge in [-0.1, -0.05) is 41.4 Å². The zero-order valence-electron chi connectivity index (χ0n) is 16.4. The van der Waals surface area contributed by atoms with Crippen LogP contribution >= 0.6 is 11.6 Å². The topological polar surface area (TPSA) is 84.8 Å². The Balaban J connectivity index is 1.60. The molecule has 0 spiro atoms. The van der Waals surface area contributed by atoms with Crippen molar-refractivity contribution in [3.63, 3.8) is 0 Å². The summed E-state index contributed by atoms with van der Waals surface area (Å²) in [6, 6.07) is 11.1. The quantitative estimate of drug-likeness (QED) is 0.614. The van der Waals surface area contributed by atoms with Crippen molar-refractivity contribution in [3.05, 3.63) is 64.4 Å². The van der Waals surface area contributed by atoms with E-state index in [1.165, 1.54) is 22.7 Å². The summed E-state index contributed by atoms with van der Waals surface area (Å²) < 4.78 is 5.43. The van der Waals surface area contributed by atoms with E-state index in [1.54, 1.807) is 6.07 Å². The van der Waals surface area contributed by atoms with Crippen molar-refractivity contribution in [2.75, 3.05) is 39.4 Å². The third kappa shape index (κ3) is 6.52. The summed E-state index contributed by atoms with van der Waals surface area (Å²) in [5.41, 5.74) is 2.39. The van der Waals surface area contributed by atoms with E-state index >= 15 is 0 Å². The van der Waals surface area contributed by atoms with E-state index < -0.39 is 5.91 Å². The number of carbonyl (C=O) groups is 2. The van der Waals surface area contributed by atoms with Crippen LogP contribution < -0.4 is 15.5 Å². The number of pyridine rings is 1. The summed E-state index contributed by atoms with van der Waals surface area (Å²) in [5, 5.41) is 6.07. The van der Waals surface area contributed by atoms with Gasteiger partial charge in [-0.2, -0.15) is 0 Å². The second kappa shape index (κ2) is 10.3. The maximum atomic E-state index is 12.5. The largest absolute Gasteiger partial charge is 0.370 e. The van der Waals surface area contributed by atoms with Gasteiger partial charge in [0.05, 0.1) is 19.8 Å². The van der Waals surface area contributed by atoms with Crippen molar-refractivity contribution in [1.29, 1.82) is 0 Å². The smallest absolute Gasteiger partial charge is 0.270 e. The fourth-order valence-electron chi connectivity index (χ4n) is 3.23. The highest BCUT2D eigenvalue weighted by Gasteiger charge is 2.23. The first-order chi connectivity index (χ1) is 14.0. The molecular formula is C21H26ClN4O3+. The number of rotatable bonds is 7. The molecule has 0 unspecified atom stereocenters. The highest BCUT2D eigenvalue weighted by molar-refractivity contribution is 6.30. The molecule has 0 bridgehead atoms. The molecule has 0 aliphatic carbocycles. The molecule has 1 aliphatic heterocycles. The Bertz CT molecular complexity index is 838. The molecule has 1 aliphatic rings. The second-order valence-corrected chi connectivity index (χ2v) is 7.58. The number of benzene rings is 1. The number of nitrogens with zero attached hydrogens (tertiary/aromatic N) is 1. The minimum absolute atomic E-state index is 0.131. The van der Waals surface area contributed by atoms with Gasteiger partial charge in [-0.25, -0.2) is 0 Å². The molecule has 154 valence electrons. The van der Waals surface area contributed by atoms with Gasteiger partial charge in [0.15, 0.2) is 0 Å². The van der Waals surface area contributed by atoms with E-state index in [0.29, 0.717) is 5.02 Å². The Morgan fingerprint density at radius 1 is 1.21 bits per heavy atom. The normalized spacial score (nSPS) is 15.5. The van der Waals surface area contributed by atoms with Gasteiger partial charge in [-0.15, -0.1) is 0 Å². The van der Waals surface area contributed by atoms with Crippen molar-refractivity contribution < 1.29 is 19.2 Å². The molecule has 7 nitrogen and oxygen atoms in total. The summed E-state index contributed by atoms with van der Waals surface area (Å²) in [6.07, 6.45) is 1.45. The van der Waals surface area contributed by atoms with E-state index in [-0.39, 0.29) is 24.2 Å². The van der Waals surface area contributed by atoms with Crippen molar-refractivity contribution in [2.45, 2.75) is 13.0 Å². The number of aromatic nitrogens is 1. The number of ether oxygens (including phenoxy) is 1. The average molecular weight is 418 g/mol. The summed E-state index contributed by atoms with van der Waals surface area (Å²) in [5.74, 6) is -0.688. The first-order valence-electron chi connectivity index (χ1n) is 9.68. The van der Waals surface area contributed by atoms with Gasteiger partial charge in [0.2, 0.25) is 5.91 Å². The SMILES string of the molecule is Cc1ccc([C@H](C[NH+]2CCOCC2)NC(=O)CNC(=O)c2cc(Cl)ccn2)cc1. The lowest BCUT2D eigenvalue weighted by Gasteiger charge is -2.28. The third-order valence-electron chi connectivity index (χ3n) is 4.87. The molecule has 1 aromatic carbocycles. The number of halogens is 1. The molecule has 29 heavy (non-hydrogen) atoms. The minimum Gasteiger partial charge on any atom is -0.370 e. The number of carbonyl (C=O) groups excluding carboxylic acids is 2. The molecule has 1 atom stereocenters. The van der Waals surface area contributed by atoms with Crippen LogP contribution in [0, 0.1) is 6.92 Å². The van der Waals surface area contributed by atoms with Crippen LogP contribution in [0.2, 0.25) is 5.02 Å². The van der Waals surface area contributed by atoms with E-state index in [0.717, 1.165) is 38.4 Å². The van der Waals surface area contributed by atoms with Gasteiger partial charge in [0.1, 0.15) is 31.4 Å². The van der Waals surface area contributed by atoms with Crippen molar-refractivity contribution in [3.8, 4) is 0 Å². The highest BCUT2D eigenvalue weighted by Crippen LogP contribution is 2.13. The molecule has 1 saturated heterocycles. The van der Waals surface area contributed by atoms with Crippen LogP contribution in [-0.2, 0) is 9.53 Å². The molecule has 2 heterocycles. The zero-order chi connectivity index (χ0) is 20.6. The lowest BCUT2D eigenvalue weighted by atomic mass is 10.0. The fraction of sp³-hybridized carbons (Fsp3) is 0.381. The van der Waals surface area contributed by atoms with Crippen LogP contribution in [-0.4, -0.2) is 56.2 Å². The molecule has 1 aromatic heterocycles. The molecule has 2 amide bonds. The van der Waals surface area contributed by atoms with Crippen molar-refractivity contribution in [2.24, 2.45) is 0 Å². The molecule has 0 saturated carbocycles. The van der Waals surface area contributed by atoms with E-state index in [4.69, 9.17) is 16.3 Å². The maximum absolute atomic E-state index is 12.5. The Hall–Kier alpha value is -2.48. The van der Waals surface area contributed by atoms with Crippen molar-refractivity contribution >= 4 is 23.4 Å². The number of nitrogens with one attached hydrogen (secondary N) is 3. The van der Waals surface area contributed by atoms with Gasteiger partial charge in [0, 0.05) is 11.2 Å². The number of quaternary nitrogens is 1. The van der Waals surface area contributed by atoms with Gasteiger partial charge >= 0.3 is 0 Å². The van der Waals surface area contributed by atoms with E-state index in [9.17, 15) is 9.59 Å². The lowest BCUT2D eigenvalue weighted by Crippen LogP contribution is -3.14. The minimum atomic E-state index is -0.437.